The number of rotatable bonds is 7. The van der Waals surface area contributed by atoms with Crippen molar-refractivity contribution in [3.05, 3.63) is 35.9 Å². The highest BCUT2D eigenvalue weighted by atomic mass is 16.5. The second kappa shape index (κ2) is 10.2. The summed E-state index contributed by atoms with van der Waals surface area (Å²) in [6.07, 6.45) is 8.49. The van der Waals surface area contributed by atoms with E-state index in [-0.39, 0.29) is 6.10 Å². The maximum atomic E-state index is 10.4. The number of benzene rings is 1. The maximum absolute atomic E-state index is 10.4. The van der Waals surface area contributed by atoms with Crippen LogP contribution in [-0.4, -0.2) is 48.5 Å². The Kier molecular flexibility index (Phi) is 7.96. The lowest BCUT2D eigenvalue weighted by Gasteiger charge is -2.37. The molecule has 1 heterocycles. The third-order valence-corrected chi connectivity index (χ3v) is 6.97. The van der Waals surface area contributed by atoms with Crippen molar-refractivity contribution < 1.29 is 9.84 Å². The average Bonchev–Trinajstić information content (AvgIpc) is 2.68. The van der Waals surface area contributed by atoms with Crippen LogP contribution in [0, 0.1) is 17.3 Å². The van der Waals surface area contributed by atoms with Gasteiger partial charge in [0.15, 0.2) is 0 Å². The molecular formula is C25H41NO2. The zero-order chi connectivity index (χ0) is 20.0. The van der Waals surface area contributed by atoms with Crippen LogP contribution in [0.25, 0.3) is 0 Å². The van der Waals surface area contributed by atoms with Crippen molar-refractivity contribution in [2.24, 2.45) is 17.3 Å². The number of hydrogen-bond donors (Lipinski definition) is 1. The lowest BCUT2D eigenvalue weighted by Crippen LogP contribution is -2.41. The van der Waals surface area contributed by atoms with E-state index in [9.17, 15) is 5.11 Å². The molecule has 1 aromatic rings. The summed E-state index contributed by atoms with van der Waals surface area (Å²) in [5.74, 6) is 1.60. The molecule has 0 spiro atoms. The fourth-order valence-electron chi connectivity index (χ4n) is 5.01. The van der Waals surface area contributed by atoms with Gasteiger partial charge in [0, 0.05) is 6.54 Å². The molecule has 3 rings (SSSR count). The predicted molar refractivity (Wildman–Crippen MR) is 116 cm³/mol. The van der Waals surface area contributed by atoms with Gasteiger partial charge in [-0.05, 0) is 80.8 Å². The molecule has 28 heavy (non-hydrogen) atoms. The first-order valence-electron chi connectivity index (χ1n) is 11.5. The normalized spacial score (nSPS) is 26.3. The van der Waals surface area contributed by atoms with Crippen molar-refractivity contribution in [1.29, 1.82) is 0 Å². The monoisotopic (exact) mass is 387 g/mol. The van der Waals surface area contributed by atoms with E-state index >= 15 is 0 Å². The first-order valence-corrected chi connectivity index (χ1v) is 11.5. The number of hydrogen-bond acceptors (Lipinski definition) is 3. The van der Waals surface area contributed by atoms with Gasteiger partial charge >= 0.3 is 0 Å². The Labute approximate surface area is 172 Å². The summed E-state index contributed by atoms with van der Waals surface area (Å²) in [6, 6.07) is 10.8. The number of aliphatic hydroxyl groups is 1. The highest BCUT2D eigenvalue weighted by Crippen LogP contribution is 2.38. The van der Waals surface area contributed by atoms with E-state index in [1.807, 2.05) is 0 Å². The topological polar surface area (TPSA) is 32.7 Å². The number of β-amino-alcohol motifs (C(OH)–C–C–N with tert-alkyl or cyclic N) is 1. The largest absolute Gasteiger partial charge is 0.389 e. The van der Waals surface area contributed by atoms with Gasteiger partial charge < -0.3 is 14.7 Å². The molecule has 2 fully saturated rings. The molecule has 1 N–H and O–H groups in total. The molecule has 0 aromatic heterocycles. The van der Waals surface area contributed by atoms with Crippen molar-refractivity contribution >= 4 is 0 Å². The van der Waals surface area contributed by atoms with Gasteiger partial charge in [-0.25, -0.2) is 0 Å². The minimum atomic E-state index is -0.356. The van der Waals surface area contributed by atoms with Gasteiger partial charge in [0.05, 0.1) is 18.8 Å². The van der Waals surface area contributed by atoms with E-state index in [4.69, 9.17) is 4.74 Å². The van der Waals surface area contributed by atoms with E-state index in [1.165, 1.54) is 37.7 Å². The third kappa shape index (κ3) is 6.86. The van der Waals surface area contributed by atoms with Crippen LogP contribution < -0.4 is 0 Å². The highest BCUT2D eigenvalue weighted by Gasteiger charge is 2.30. The Morgan fingerprint density at radius 1 is 1.00 bits per heavy atom. The van der Waals surface area contributed by atoms with Crippen LogP contribution in [0.2, 0.25) is 0 Å². The van der Waals surface area contributed by atoms with Crippen LogP contribution in [0.3, 0.4) is 0 Å². The van der Waals surface area contributed by atoms with Crippen LogP contribution in [0.15, 0.2) is 30.3 Å². The summed E-state index contributed by atoms with van der Waals surface area (Å²) in [5.41, 5.74) is 1.87. The summed E-state index contributed by atoms with van der Waals surface area (Å²) >= 11 is 0. The lowest BCUT2D eigenvalue weighted by atomic mass is 9.72. The number of piperidine rings is 1. The van der Waals surface area contributed by atoms with Gasteiger partial charge in [0.25, 0.3) is 0 Å². The molecule has 1 saturated heterocycles. The van der Waals surface area contributed by atoms with Crippen molar-refractivity contribution in [2.75, 3.05) is 26.2 Å². The molecule has 0 bridgehead atoms. The third-order valence-electron chi connectivity index (χ3n) is 6.97. The first kappa shape index (κ1) is 21.8. The Morgan fingerprint density at radius 3 is 2.25 bits per heavy atom. The highest BCUT2D eigenvalue weighted by molar-refractivity contribution is 5.15. The molecule has 1 saturated carbocycles. The zero-order valence-corrected chi connectivity index (χ0v) is 18.3. The molecule has 1 aromatic carbocycles. The number of likely N-dealkylation sites (tertiary alicyclic amines) is 1. The zero-order valence-electron chi connectivity index (χ0n) is 18.3. The summed E-state index contributed by atoms with van der Waals surface area (Å²) in [5, 5.41) is 10.4. The smallest absolute Gasteiger partial charge is 0.0900 e. The Morgan fingerprint density at radius 2 is 1.64 bits per heavy atom. The van der Waals surface area contributed by atoms with Crippen molar-refractivity contribution in [2.45, 2.75) is 77.9 Å². The fourth-order valence-corrected chi connectivity index (χ4v) is 5.01. The lowest BCUT2D eigenvalue weighted by molar-refractivity contribution is -0.0462. The number of aliphatic hydroxyl groups excluding tert-OH is 1. The van der Waals surface area contributed by atoms with Gasteiger partial charge in [-0.1, -0.05) is 51.1 Å². The van der Waals surface area contributed by atoms with Crippen LogP contribution in [0.4, 0.5) is 0 Å². The Hall–Kier alpha value is -0.900. The molecule has 1 aliphatic carbocycles. The maximum Gasteiger partial charge on any atom is 0.0900 e. The minimum absolute atomic E-state index is 0.352. The first-order chi connectivity index (χ1) is 13.4. The van der Waals surface area contributed by atoms with E-state index in [1.54, 1.807) is 0 Å². The van der Waals surface area contributed by atoms with Gasteiger partial charge in [-0.2, -0.15) is 0 Å². The second-order valence-electron chi connectivity index (χ2n) is 10.3. The standard InChI is InChI=1S/C25H41NO2/c1-25(2,3)22-9-11-24(12-10-22)28-19-23(27)18-26-15-13-21(14-16-26)17-20-7-5-4-6-8-20/h4-8,21-24,27H,9-19H2,1-3H3/t22?,23-,24?/m1/s1. The van der Waals surface area contributed by atoms with Gasteiger partial charge in [-0.3, -0.25) is 0 Å². The fraction of sp³-hybridized carbons (Fsp3) is 0.760. The van der Waals surface area contributed by atoms with Crippen LogP contribution in [-0.2, 0) is 11.2 Å². The summed E-state index contributed by atoms with van der Waals surface area (Å²) in [6.45, 7) is 10.5. The van der Waals surface area contributed by atoms with Crippen molar-refractivity contribution in [3.8, 4) is 0 Å². The molecule has 0 amide bonds. The number of ether oxygens (including phenoxy) is 1. The van der Waals surface area contributed by atoms with E-state index < -0.39 is 0 Å². The second-order valence-corrected chi connectivity index (χ2v) is 10.3. The molecular weight excluding hydrogens is 346 g/mol. The molecule has 1 atom stereocenters. The predicted octanol–water partition coefficient (Wildman–Crippen LogP) is 4.92. The van der Waals surface area contributed by atoms with Crippen LogP contribution in [0.1, 0.15) is 64.9 Å². The minimum Gasteiger partial charge on any atom is -0.389 e. The quantitative estimate of drug-likeness (QED) is 0.720. The number of nitrogens with zero attached hydrogens (tertiary/aromatic N) is 1. The van der Waals surface area contributed by atoms with Gasteiger partial charge in [-0.15, -0.1) is 0 Å². The van der Waals surface area contributed by atoms with E-state index in [0.717, 1.165) is 44.3 Å². The van der Waals surface area contributed by atoms with Crippen LogP contribution >= 0.6 is 0 Å². The van der Waals surface area contributed by atoms with Gasteiger partial charge in [0.2, 0.25) is 0 Å². The van der Waals surface area contributed by atoms with Crippen LogP contribution in [0.5, 0.6) is 0 Å². The molecule has 158 valence electrons. The summed E-state index contributed by atoms with van der Waals surface area (Å²) in [7, 11) is 0. The average molecular weight is 388 g/mol. The molecule has 0 radical (unpaired) electrons. The Bertz CT molecular complexity index is 552. The van der Waals surface area contributed by atoms with E-state index in [2.05, 4.69) is 56.0 Å². The SMILES string of the molecule is CC(C)(C)C1CCC(OC[C@H](O)CN2CCC(Cc3ccccc3)CC2)CC1. The van der Waals surface area contributed by atoms with Gasteiger partial charge in [0.1, 0.15) is 0 Å². The molecule has 0 unspecified atom stereocenters. The van der Waals surface area contributed by atoms with Crippen molar-refractivity contribution in [1.82, 2.24) is 4.90 Å². The molecule has 3 heteroatoms. The molecule has 2 aliphatic rings. The summed E-state index contributed by atoms with van der Waals surface area (Å²) < 4.78 is 6.07. The van der Waals surface area contributed by atoms with E-state index in [0.29, 0.717) is 18.1 Å². The van der Waals surface area contributed by atoms with Crippen molar-refractivity contribution in [3.63, 3.8) is 0 Å². The molecule has 1 aliphatic heterocycles. The Balaban J connectivity index is 1.29. The summed E-state index contributed by atoms with van der Waals surface area (Å²) in [4.78, 5) is 2.42. The molecule has 3 nitrogen and oxygen atoms in total.